The SMILES string of the molecule is O=C(Nc1ccc2c(c1)OCO2)c1cnn2c1N[C@H](c1cccs1)C[C@H]2C(F)(F)F. The van der Waals surface area contributed by atoms with E-state index in [1.54, 1.807) is 35.7 Å². The van der Waals surface area contributed by atoms with Crippen LogP contribution in [0, 0.1) is 0 Å². The van der Waals surface area contributed by atoms with Gasteiger partial charge in [-0.25, -0.2) is 4.68 Å². The lowest BCUT2D eigenvalue weighted by molar-refractivity contribution is -0.173. The number of nitrogens with one attached hydrogen (secondary N) is 2. The zero-order chi connectivity index (χ0) is 20.9. The zero-order valence-electron chi connectivity index (χ0n) is 15.3. The summed E-state index contributed by atoms with van der Waals surface area (Å²) in [7, 11) is 0. The van der Waals surface area contributed by atoms with Crippen LogP contribution in [-0.4, -0.2) is 28.7 Å². The molecule has 0 bridgehead atoms. The van der Waals surface area contributed by atoms with Crippen molar-refractivity contribution in [2.75, 3.05) is 17.4 Å². The first-order valence-electron chi connectivity index (χ1n) is 9.05. The van der Waals surface area contributed by atoms with E-state index in [9.17, 15) is 18.0 Å². The van der Waals surface area contributed by atoms with Gasteiger partial charge in [0.15, 0.2) is 17.5 Å². The Morgan fingerprint density at radius 2 is 2.10 bits per heavy atom. The molecule has 7 nitrogen and oxygen atoms in total. The number of fused-ring (bicyclic) bond motifs is 2. The number of aromatic nitrogens is 2. The number of halogens is 3. The molecule has 0 aliphatic carbocycles. The number of thiophene rings is 1. The van der Waals surface area contributed by atoms with Crippen molar-refractivity contribution in [1.29, 1.82) is 0 Å². The highest BCUT2D eigenvalue weighted by Crippen LogP contribution is 2.45. The molecule has 156 valence electrons. The summed E-state index contributed by atoms with van der Waals surface area (Å²) in [5, 5.41) is 11.4. The monoisotopic (exact) mass is 436 g/mol. The predicted molar refractivity (Wildman–Crippen MR) is 103 cm³/mol. The fourth-order valence-corrected chi connectivity index (χ4v) is 4.37. The molecule has 11 heteroatoms. The van der Waals surface area contributed by atoms with Gasteiger partial charge in [0, 0.05) is 23.1 Å². The van der Waals surface area contributed by atoms with Crippen LogP contribution in [0.4, 0.5) is 24.7 Å². The number of anilines is 2. The number of carbonyl (C=O) groups is 1. The number of carbonyl (C=O) groups excluding carboxylic acids is 1. The Hall–Kier alpha value is -3.21. The Bertz CT molecular complexity index is 1100. The molecule has 4 heterocycles. The summed E-state index contributed by atoms with van der Waals surface area (Å²) in [6.45, 7) is 0.0938. The Labute approximate surface area is 172 Å². The number of amides is 1. The summed E-state index contributed by atoms with van der Waals surface area (Å²) >= 11 is 1.36. The Morgan fingerprint density at radius 3 is 2.87 bits per heavy atom. The molecule has 2 atom stereocenters. The van der Waals surface area contributed by atoms with Crippen LogP contribution >= 0.6 is 11.3 Å². The highest BCUT2D eigenvalue weighted by atomic mass is 32.1. The standard InChI is InChI=1S/C19H15F3N4O3S/c20-19(21,22)16-7-12(15-2-1-5-30-15)25-17-11(8-23-26(16)17)18(27)24-10-3-4-13-14(6-10)29-9-28-13/h1-6,8,12,16,25H,7,9H2,(H,24,27)/t12-,16-/m0/s1. The van der Waals surface area contributed by atoms with Gasteiger partial charge in [-0.2, -0.15) is 18.3 Å². The number of alkyl halides is 3. The molecule has 0 fully saturated rings. The first-order valence-corrected chi connectivity index (χ1v) is 9.93. The highest BCUT2D eigenvalue weighted by Gasteiger charge is 2.47. The smallest absolute Gasteiger partial charge is 0.410 e. The summed E-state index contributed by atoms with van der Waals surface area (Å²) < 4.78 is 52.5. The Kier molecular flexibility index (Phi) is 4.35. The van der Waals surface area contributed by atoms with Crippen molar-refractivity contribution in [3.8, 4) is 11.5 Å². The number of hydrogen-bond acceptors (Lipinski definition) is 6. The van der Waals surface area contributed by atoms with E-state index in [0.717, 1.165) is 15.8 Å². The molecule has 2 aliphatic heterocycles. The van der Waals surface area contributed by atoms with Gasteiger partial charge in [0.2, 0.25) is 6.79 Å². The number of benzene rings is 1. The maximum absolute atomic E-state index is 13.7. The molecule has 0 spiro atoms. The topological polar surface area (TPSA) is 77.4 Å². The van der Waals surface area contributed by atoms with Crippen molar-refractivity contribution in [3.63, 3.8) is 0 Å². The largest absolute Gasteiger partial charge is 0.454 e. The molecule has 0 unspecified atom stereocenters. The molecule has 3 aromatic rings. The van der Waals surface area contributed by atoms with Crippen LogP contribution in [0.15, 0.2) is 41.9 Å². The first-order chi connectivity index (χ1) is 14.4. The Balaban J connectivity index is 1.46. The van der Waals surface area contributed by atoms with E-state index < -0.39 is 24.2 Å². The fraction of sp³-hybridized carbons (Fsp3) is 0.263. The molecule has 1 amide bonds. The molecular formula is C19H15F3N4O3S. The molecule has 1 aromatic carbocycles. The molecule has 2 aliphatic rings. The molecule has 2 N–H and O–H groups in total. The van der Waals surface area contributed by atoms with E-state index in [0.29, 0.717) is 17.2 Å². The summed E-state index contributed by atoms with van der Waals surface area (Å²) in [5.41, 5.74) is 0.463. The van der Waals surface area contributed by atoms with E-state index in [4.69, 9.17) is 9.47 Å². The fourth-order valence-electron chi connectivity index (χ4n) is 3.58. The second kappa shape index (κ2) is 6.94. The van der Waals surface area contributed by atoms with Crippen LogP contribution in [0.3, 0.4) is 0 Å². The average Bonchev–Trinajstić information content (AvgIpc) is 3.45. The minimum absolute atomic E-state index is 0.0307. The van der Waals surface area contributed by atoms with Crippen LogP contribution in [0.25, 0.3) is 0 Å². The van der Waals surface area contributed by atoms with Crippen molar-refractivity contribution in [2.24, 2.45) is 0 Å². The zero-order valence-corrected chi connectivity index (χ0v) is 16.1. The molecule has 2 aromatic heterocycles. The van der Waals surface area contributed by atoms with Gasteiger partial charge in [0.1, 0.15) is 11.4 Å². The van der Waals surface area contributed by atoms with Crippen molar-refractivity contribution in [3.05, 3.63) is 52.3 Å². The summed E-state index contributed by atoms with van der Waals surface area (Å²) in [5.74, 6) is 0.512. The van der Waals surface area contributed by atoms with Gasteiger partial charge >= 0.3 is 6.18 Å². The lowest BCUT2D eigenvalue weighted by atomic mass is 10.0. The van der Waals surface area contributed by atoms with Crippen LogP contribution < -0.4 is 20.1 Å². The summed E-state index contributed by atoms with van der Waals surface area (Å²) in [6.07, 6.45) is -3.55. The van der Waals surface area contributed by atoms with Crippen LogP contribution in [-0.2, 0) is 0 Å². The van der Waals surface area contributed by atoms with Crippen LogP contribution in [0.5, 0.6) is 11.5 Å². The van der Waals surface area contributed by atoms with E-state index in [-0.39, 0.29) is 24.6 Å². The van der Waals surface area contributed by atoms with Gasteiger partial charge in [-0.3, -0.25) is 4.79 Å². The van der Waals surface area contributed by atoms with Crippen molar-refractivity contribution in [2.45, 2.75) is 24.7 Å². The molecule has 0 saturated carbocycles. The third kappa shape index (κ3) is 3.24. The predicted octanol–water partition coefficient (Wildman–Crippen LogP) is 4.59. The van der Waals surface area contributed by atoms with Crippen molar-refractivity contribution in [1.82, 2.24) is 9.78 Å². The molecule has 0 saturated heterocycles. The maximum atomic E-state index is 13.7. The molecular weight excluding hydrogens is 421 g/mol. The molecule has 0 radical (unpaired) electrons. The van der Waals surface area contributed by atoms with Gasteiger partial charge in [0.25, 0.3) is 5.91 Å². The minimum Gasteiger partial charge on any atom is -0.454 e. The van der Waals surface area contributed by atoms with Gasteiger partial charge in [-0.1, -0.05) is 6.07 Å². The van der Waals surface area contributed by atoms with E-state index in [1.165, 1.54) is 11.3 Å². The first kappa shape index (κ1) is 18.8. The van der Waals surface area contributed by atoms with Gasteiger partial charge in [0.05, 0.1) is 12.2 Å². The van der Waals surface area contributed by atoms with E-state index in [1.807, 2.05) is 0 Å². The molecule has 30 heavy (non-hydrogen) atoms. The summed E-state index contributed by atoms with van der Waals surface area (Å²) in [4.78, 5) is 13.6. The quantitative estimate of drug-likeness (QED) is 0.628. The van der Waals surface area contributed by atoms with E-state index >= 15 is 0 Å². The normalized spacial score (nSPS) is 19.8. The van der Waals surface area contributed by atoms with Gasteiger partial charge in [-0.05, 0) is 23.6 Å². The average molecular weight is 436 g/mol. The second-order valence-electron chi connectivity index (χ2n) is 6.88. The van der Waals surface area contributed by atoms with Crippen LogP contribution in [0.1, 0.15) is 33.7 Å². The van der Waals surface area contributed by atoms with Crippen molar-refractivity contribution >= 4 is 28.7 Å². The number of rotatable bonds is 3. The Morgan fingerprint density at radius 1 is 1.27 bits per heavy atom. The summed E-state index contributed by atoms with van der Waals surface area (Å²) in [6, 6.07) is 6.03. The van der Waals surface area contributed by atoms with Gasteiger partial charge in [-0.15, -0.1) is 11.3 Å². The lowest BCUT2D eigenvalue weighted by Crippen LogP contribution is -2.36. The highest BCUT2D eigenvalue weighted by molar-refractivity contribution is 7.10. The second-order valence-corrected chi connectivity index (χ2v) is 7.86. The number of nitrogens with zero attached hydrogens (tertiary/aromatic N) is 2. The van der Waals surface area contributed by atoms with Gasteiger partial charge < -0.3 is 20.1 Å². The van der Waals surface area contributed by atoms with Crippen molar-refractivity contribution < 1.29 is 27.4 Å². The minimum atomic E-state index is -4.50. The maximum Gasteiger partial charge on any atom is 0.410 e. The third-order valence-electron chi connectivity index (χ3n) is 5.00. The molecule has 5 rings (SSSR count). The third-order valence-corrected chi connectivity index (χ3v) is 5.99. The van der Waals surface area contributed by atoms with Crippen LogP contribution in [0.2, 0.25) is 0 Å². The number of hydrogen-bond donors (Lipinski definition) is 2. The lowest BCUT2D eigenvalue weighted by Gasteiger charge is -2.33. The number of ether oxygens (including phenoxy) is 2. The van der Waals surface area contributed by atoms with E-state index in [2.05, 4.69) is 15.7 Å².